The molecule has 1 heterocycles. The fourth-order valence-electron chi connectivity index (χ4n) is 2.05. The van der Waals surface area contributed by atoms with Crippen LogP contribution in [-0.2, 0) is 14.6 Å². The van der Waals surface area contributed by atoms with E-state index in [1.165, 1.54) is 12.1 Å². The third kappa shape index (κ3) is 4.16. The number of sulfone groups is 1. The van der Waals surface area contributed by atoms with Crippen LogP contribution in [0.15, 0.2) is 23.1 Å². The lowest BCUT2D eigenvalue weighted by atomic mass is 10.2. The van der Waals surface area contributed by atoms with E-state index in [1.807, 2.05) is 4.90 Å². The fourth-order valence-corrected chi connectivity index (χ4v) is 3.56. The Labute approximate surface area is 128 Å². The first-order valence-electron chi connectivity index (χ1n) is 6.46. The van der Waals surface area contributed by atoms with Crippen LogP contribution in [0.25, 0.3) is 0 Å². The first kappa shape index (κ1) is 16.2. The van der Waals surface area contributed by atoms with Crippen LogP contribution in [0.5, 0.6) is 0 Å². The van der Waals surface area contributed by atoms with Gasteiger partial charge in [-0.2, -0.15) is 0 Å². The summed E-state index contributed by atoms with van der Waals surface area (Å²) in [5.74, 6) is -1.31. The molecule has 0 spiro atoms. The maximum Gasteiger partial charge on any atom is 0.337 e. The second-order valence-corrected chi connectivity index (χ2v) is 7.24. The zero-order chi connectivity index (χ0) is 15.5. The van der Waals surface area contributed by atoms with E-state index in [-0.39, 0.29) is 21.2 Å². The molecule has 0 saturated carbocycles. The molecule has 0 aliphatic carbocycles. The van der Waals surface area contributed by atoms with E-state index in [1.54, 1.807) is 0 Å². The SMILES string of the molecule is O=C(O)c1cc(S(=O)(=O)CCN2CCOCC2)ccc1Cl. The van der Waals surface area contributed by atoms with Crippen molar-refractivity contribution >= 4 is 27.4 Å². The number of nitrogens with zero attached hydrogens (tertiary/aromatic N) is 1. The summed E-state index contributed by atoms with van der Waals surface area (Å²) in [6.07, 6.45) is 0. The molecule has 2 rings (SSSR count). The highest BCUT2D eigenvalue weighted by Gasteiger charge is 2.20. The van der Waals surface area contributed by atoms with Gasteiger partial charge in [0.05, 0.1) is 34.4 Å². The minimum absolute atomic E-state index is 0.0161. The molecule has 1 N–H and O–H groups in total. The monoisotopic (exact) mass is 333 g/mol. The Kier molecular flexibility index (Phi) is 5.21. The molecule has 0 amide bonds. The van der Waals surface area contributed by atoms with Gasteiger partial charge in [0, 0.05) is 19.6 Å². The van der Waals surface area contributed by atoms with Crippen LogP contribution in [-0.4, -0.2) is 63.0 Å². The molecule has 1 aliphatic rings. The third-order valence-corrected chi connectivity index (χ3v) is 5.33. The standard InChI is InChI=1S/C13H16ClNO5S/c14-12-2-1-10(9-11(12)13(16)17)21(18,19)8-5-15-3-6-20-7-4-15/h1-2,9H,3-8H2,(H,16,17). The molecule has 1 saturated heterocycles. The number of carbonyl (C=O) groups is 1. The summed E-state index contributed by atoms with van der Waals surface area (Å²) in [4.78, 5) is 13.0. The first-order chi connectivity index (χ1) is 9.90. The minimum atomic E-state index is -3.54. The number of ether oxygens (including phenoxy) is 1. The summed E-state index contributed by atoms with van der Waals surface area (Å²) in [6.45, 7) is 3.01. The van der Waals surface area contributed by atoms with Gasteiger partial charge in [0.25, 0.3) is 0 Å². The third-order valence-electron chi connectivity index (χ3n) is 3.31. The van der Waals surface area contributed by atoms with Gasteiger partial charge < -0.3 is 9.84 Å². The normalized spacial score (nSPS) is 16.8. The molecule has 0 aromatic heterocycles. The van der Waals surface area contributed by atoms with Crippen molar-refractivity contribution in [1.29, 1.82) is 0 Å². The van der Waals surface area contributed by atoms with Crippen LogP contribution in [0.1, 0.15) is 10.4 Å². The highest BCUT2D eigenvalue weighted by molar-refractivity contribution is 7.91. The van der Waals surface area contributed by atoms with E-state index >= 15 is 0 Å². The van der Waals surface area contributed by atoms with Crippen molar-refractivity contribution in [2.45, 2.75) is 4.90 Å². The highest BCUT2D eigenvalue weighted by Crippen LogP contribution is 2.21. The molecule has 1 aromatic carbocycles. The molecular weight excluding hydrogens is 318 g/mol. The average Bonchev–Trinajstić information content (AvgIpc) is 2.46. The van der Waals surface area contributed by atoms with E-state index in [4.69, 9.17) is 21.4 Å². The number of carboxylic acid groups (broad SMARTS) is 1. The molecule has 6 nitrogen and oxygen atoms in total. The summed E-state index contributed by atoms with van der Waals surface area (Å²) >= 11 is 5.74. The van der Waals surface area contributed by atoms with Crippen LogP contribution in [0.2, 0.25) is 5.02 Å². The molecule has 116 valence electrons. The minimum Gasteiger partial charge on any atom is -0.478 e. The van der Waals surface area contributed by atoms with Gasteiger partial charge in [0.15, 0.2) is 9.84 Å². The molecule has 21 heavy (non-hydrogen) atoms. The molecule has 0 bridgehead atoms. The van der Waals surface area contributed by atoms with Crippen molar-refractivity contribution < 1.29 is 23.1 Å². The van der Waals surface area contributed by atoms with Crippen LogP contribution in [0.4, 0.5) is 0 Å². The molecule has 8 heteroatoms. The second kappa shape index (κ2) is 6.74. The van der Waals surface area contributed by atoms with Crippen molar-refractivity contribution in [2.24, 2.45) is 0 Å². The molecule has 0 atom stereocenters. The topological polar surface area (TPSA) is 83.9 Å². The van der Waals surface area contributed by atoms with E-state index in [0.29, 0.717) is 32.8 Å². The number of benzene rings is 1. The Morgan fingerprint density at radius 2 is 2.00 bits per heavy atom. The predicted molar refractivity (Wildman–Crippen MR) is 77.7 cm³/mol. The molecule has 0 radical (unpaired) electrons. The van der Waals surface area contributed by atoms with Crippen molar-refractivity contribution in [1.82, 2.24) is 4.90 Å². The van der Waals surface area contributed by atoms with Gasteiger partial charge in [-0.1, -0.05) is 11.6 Å². The lowest BCUT2D eigenvalue weighted by Crippen LogP contribution is -2.39. The number of morpholine rings is 1. The van der Waals surface area contributed by atoms with Gasteiger partial charge in [0.2, 0.25) is 0 Å². The Morgan fingerprint density at radius 3 is 2.62 bits per heavy atom. The quantitative estimate of drug-likeness (QED) is 0.870. The Morgan fingerprint density at radius 1 is 1.33 bits per heavy atom. The van der Waals surface area contributed by atoms with Gasteiger partial charge >= 0.3 is 5.97 Å². The van der Waals surface area contributed by atoms with E-state index in [9.17, 15) is 13.2 Å². The van der Waals surface area contributed by atoms with E-state index in [2.05, 4.69) is 0 Å². The number of hydrogen-bond acceptors (Lipinski definition) is 5. The largest absolute Gasteiger partial charge is 0.478 e. The van der Waals surface area contributed by atoms with Crippen molar-refractivity contribution in [3.8, 4) is 0 Å². The number of rotatable bonds is 5. The summed E-state index contributed by atoms with van der Waals surface area (Å²) in [5, 5.41) is 9.01. The predicted octanol–water partition coefficient (Wildman–Crippen LogP) is 1.14. The number of aromatic carboxylic acids is 1. The van der Waals surface area contributed by atoms with Gasteiger partial charge in [-0.3, -0.25) is 4.90 Å². The zero-order valence-corrected chi connectivity index (χ0v) is 12.9. The van der Waals surface area contributed by atoms with Crippen molar-refractivity contribution in [2.75, 3.05) is 38.6 Å². The van der Waals surface area contributed by atoms with Gasteiger partial charge in [0.1, 0.15) is 0 Å². The van der Waals surface area contributed by atoms with Crippen molar-refractivity contribution in [3.63, 3.8) is 0 Å². The number of carboxylic acids is 1. The number of halogens is 1. The van der Waals surface area contributed by atoms with Crippen molar-refractivity contribution in [3.05, 3.63) is 28.8 Å². The maximum atomic E-state index is 12.3. The smallest absolute Gasteiger partial charge is 0.337 e. The van der Waals surface area contributed by atoms with Crippen LogP contribution >= 0.6 is 11.6 Å². The average molecular weight is 334 g/mol. The van der Waals surface area contributed by atoms with Gasteiger partial charge in [-0.25, -0.2) is 13.2 Å². The summed E-state index contributed by atoms with van der Waals surface area (Å²) in [5.41, 5.74) is -0.205. The van der Waals surface area contributed by atoms with Crippen LogP contribution in [0, 0.1) is 0 Å². The second-order valence-electron chi connectivity index (χ2n) is 4.72. The highest BCUT2D eigenvalue weighted by atomic mass is 35.5. The first-order valence-corrected chi connectivity index (χ1v) is 8.49. The Hall–Kier alpha value is -1.15. The molecule has 1 fully saturated rings. The molecule has 1 aromatic rings. The Balaban J connectivity index is 2.11. The molecular formula is C13H16ClNO5S. The zero-order valence-electron chi connectivity index (χ0n) is 11.3. The van der Waals surface area contributed by atoms with Crippen LogP contribution < -0.4 is 0 Å². The molecule has 1 aliphatic heterocycles. The Bertz CT molecular complexity index is 625. The summed E-state index contributed by atoms with van der Waals surface area (Å²) < 4.78 is 29.7. The van der Waals surface area contributed by atoms with Gasteiger partial charge in [-0.05, 0) is 18.2 Å². The lowest BCUT2D eigenvalue weighted by Gasteiger charge is -2.26. The van der Waals surface area contributed by atoms with Gasteiger partial charge in [-0.15, -0.1) is 0 Å². The van der Waals surface area contributed by atoms with Crippen LogP contribution in [0.3, 0.4) is 0 Å². The van der Waals surface area contributed by atoms with E-state index < -0.39 is 15.8 Å². The van der Waals surface area contributed by atoms with E-state index in [0.717, 1.165) is 6.07 Å². The maximum absolute atomic E-state index is 12.3. The molecule has 0 unspecified atom stereocenters. The lowest BCUT2D eigenvalue weighted by molar-refractivity contribution is 0.0408. The summed E-state index contributed by atoms with van der Waals surface area (Å²) in [7, 11) is -3.54. The fraction of sp³-hybridized carbons (Fsp3) is 0.462. The number of hydrogen-bond donors (Lipinski definition) is 1. The summed E-state index contributed by atoms with van der Waals surface area (Å²) in [6, 6.07) is 3.75.